The van der Waals surface area contributed by atoms with Gasteiger partial charge in [0.15, 0.2) is 0 Å². The molecule has 3 N–H and O–H groups in total. The van der Waals surface area contributed by atoms with E-state index in [1.165, 1.54) is 11.8 Å². The van der Waals surface area contributed by atoms with E-state index in [4.69, 9.17) is 5.73 Å². The molecular formula is C14H18N4OS. The van der Waals surface area contributed by atoms with Gasteiger partial charge in [-0.3, -0.25) is 4.79 Å². The van der Waals surface area contributed by atoms with E-state index in [0.717, 1.165) is 16.4 Å². The van der Waals surface area contributed by atoms with Crippen LogP contribution in [-0.2, 0) is 4.79 Å². The number of thioether (sulfide) groups is 1. The maximum absolute atomic E-state index is 11.9. The van der Waals surface area contributed by atoms with Crippen molar-refractivity contribution < 1.29 is 4.79 Å². The number of hydrogen-bond acceptors (Lipinski definition) is 4. The number of nitrogen functional groups attached to an aromatic ring is 1. The molecule has 0 saturated heterocycles. The van der Waals surface area contributed by atoms with E-state index in [1.54, 1.807) is 16.9 Å². The number of carbonyl (C=O) groups is 1. The first-order valence-corrected chi connectivity index (χ1v) is 7.36. The van der Waals surface area contributed by atoms with E-state index >= 15 is 0 Å². The summed E-state index contributed by atoms with van der Waals surface area (Å²) in [6, 6.07) is 9.48. The predicted octanol–water partition coefficient (Wildman–Crippen LogP) is 2.78. The highest BCUT2D eigenvalue weighted by Crippen LogP contribution is 2.20. The molecular weight excluding hydrogens is 272 g/mol. The highest BCUT2D eigenvalue weighted by atomic mass is 32.2. The quantitative estimate of drug-likeness (QED) is 0.656. The molecule has 2 aromatic rings. The molecule has 6 heteroatoms. The fourth-order valence-electron chi connectivity index (χ4n) is 1.72. The number of nitrogens with two attached hydrogens (primary N) is 1. The predicted molar refractivity (Wildman–Crippen MR) is 82.8 cm³/mol. The van der Waals surface area contributed by atoms with Crippen LogP contribution in [0.5, 0.6) is 0 Å². The van der Waals surface area contributed by atoms with Gasteiger partial charge in [0.1, 0.15) is 5.82 Å². The maximum atomic E-state index is 11.9. The minimum Gasteiger partial charge on any atom is -0.399 e. The van der Waals surface area contributed by atoms with Crippen molar-refractivity contribution >= 4 is 29.2 Å². The van der Waals surface area contributed by atoms with Gasteiger partial charge >= 0.3 is 0 Å². The van der Waals surface area contributed by atoms with E-state index in [2.05, 4.69) is 10.4 Å². The Kier molecular flexibility index (Phi) is 4.68. The number of hydrogen-bond donors (Lipinski definition) is 2. The van der Waals surface area contributed by atoms with Crippen molar-refractivity contribution in [3.8, 4) is 0 Å². The normalized spacial score (nSPS) is 10.8. The third kappa shape index (κ3) is 3.77. The highest BCUT2D eigenvalue weighted by Gasteiger charge is 2.09. The Labute approximate surface area is 122 Å². The SMILES string of the molecule is CC(C)n1nccc1NC(=O)CSc1ccc(N)cc1. The molecule has 20 heavy (non-hydrogen) atoms. The monoisotopic (exact) mass is 290 g/mol. The molecule has 2 rings (SSSR count). The van der Waals surface area contributed by atoms with Gasteiger partial charge in [-0.05, 0) is 38.1 Å². The second-order valence-electron chi connectivity index (χ2n) is 4.66. The van der Waals surface area contributed by atoms with Crippen LogP contribution in [0.3, 0.4) is 0 Å². The number of nitrogens with one attached hydrogen (secondary N) is 1. The van der Waals surface area contributed by atoms with Gasteiger partial charge in [-0.25, -0.2) is 4.68 Å². The molecule has 106 valence electrons. The molecule has 1 heterocycles. The number of carbonyl (C=O) groups excluding carboxylic acids is 1. The molecule has 0 aliphatic carbocycles. The number of anilines is 2. The molecule has 1 aromatic heterocycles. The summed E-state index contributed by atoms with van der Waals surface area (Å²) in [5.74, 6) is 1.03. The van der Waals surface area contributed by atoms with Gasteiger partial charge < -0.3 is 11.1 Å². The zero-order valence-electron chi connectivity index (χ0n) is 11.5. The second-order valence-corrected chi connectivity index (χ2v) is 5.71. The van der Waals surface area contributed by atoms with E-state index in [9.17, 15) is 4.79 Å². The molecule has 0 radical (unpaired) electrons. The standard InChI is InChI=1S/C14H18N4OS/c1-10(2)18-13(7-8-16-18)17-14(19)9-20-12-5-3-11(15)4-6-12/h3-8,10H,9,15H2,1-2H3,(H,17,19). The van der Waals surface area contributed by atoms with Crippen molar-refractivity contribution in [3.05, 3.63) is 36.5 Å². The fraction of sp³-hybridized carbons (Fsp3) is 0.286. The minimum atomic E-state index is -0.0470. The van der Waals surface area contributed by atoms with Crippen LogP contribution in [-0.4, -0.2) is 21.4 Å². The van der Waals surface area contributed by atoms with Gasteiger partial charge in [0.25, 0.3) is 0 Å². The second kappa shape index (κ2) is 6.47. The highest BCUT2D eigenvalue weighted by molar-refractivity contribution is 8.00. The number of benzene rings is 1. The summed E-state index contributed by atoms with van der Waals surface area (Å²) in [4.78, 5) is 12.9. The molecule has 0 atom stereocenters. The Balaban J connectivity index is 1.89. The molecule has 1 amide bonds. The Hall–Kier alpha value is -1.95. The van der Waals surface area contributed by atoms with Crippen molar-refractivity contribution in [1.82, 2.24) is 9.78 Å². The zero-order chi connectivity index (χ0) is 14.5. The summed E-state index contributed by atoms with van der Waals surface area (Å²) in [6.45, 7) is 4.04. The van der Waals surface area contributed by atoms with Gasteiger partial charge in [-0.2, -0.15) is 5.10 Å². The van der Waals surface area contributed by atoms with E-state index in [-0.39, 0.29) is 11.9 Å². The zero-order valence-corrected chi connectivity index (χ0v) is 12.4. The fourth-order valence-corrected chi connectivity index (χ4v) is 2.42. The minimum absolute atomic E-state index is 0.0470. The van der Waals surface area contributed by atoms with Gasteiger partial charge in [0, 0.05) is 22.7 Å². The van der Waals surface area contributed by atoms with E-state index in [1.807, 2.05) is 38.1 Å². The van der Waals surface area contributed by atoms with Gasteiger partial charge in [0.2, 0.25) is 5.91 Å². The Morgan fingerprint density at radius 3 is 2.70 bits per heavy atom. The number of aromatic nitrogens is 2. The summed E-state index contributed by atoms with van der Waals surface area (Å²) in [5, 5.41) is 7.05. The summed E-state index contributed by atoms with van der Waals surface area (Å²) in [7, 11) is 0. The maximum Gasteiger partial charge on any atom is 0.235 e. The van der Waals surface area contributed by atoms with Gasteiger partial charge in [-0.15, -0.1) is 11.8 Å². The van der Waals surface area contributed by atoms with Crippen LogP contribution >= 0.6 is 11.8 Å². The van der Waals surface area contributed by atoms with Gasteiger partial charge in [0.05, 0.1) is 11.9 Å². The van der Waals surface area contributed by atoms with Crippen molar-refractivity contribution in [2.24, 2.45) is 0 Å². The largest absolute Gasteiger partial charge is 0.399 e. The summed E-state index contributed by atoms with van der Waals surface area (Å²) < 4.78 is 1.78. The van der Waals surface area contributed by atoms with Crippen LogP contribution in [0.15, 0.2) is 41.4 Å². The Bertz CT molecular complexity index is 577. The third-order valence-electron chi connectivity index (χ3n) is 2.68. The molecule has 5 nitrogen and oxygen atoms in total. The Morgan fingerprint density at radius 2 is 2.05 bits per heavy atom. The smallest absolute Gasteiger partial charge is 0.235 e. The molecule has 0 aliphatic rings. The first kappa shape index (κ1) is 14.5. The van der Waals surface area contributed by atoms with Crippen LogP contribution in [0.25, 0.3) is 0 Å². The van der Waals surface area contributed by atoms with Crippen LogP contribution in [0.4, 0.5) is 11.5 Å². The summed E-state index contributed by atoms with van der Waals surface area (Å²) in [5.41, 5.74) is 6.34. The lowest BCUT2D eigenvalue weighted by Crippen LogP contribution is -2.18. The first-order valence-electron chi connectivity index (χ1n) is 6.38. The molecule has 0 unspecified atom stereocenters. The molecule has 0 fully saturated rings. The lowest BCUT2D eigenvalue weighted by atomic mass is 10.3. The molecule has 0 bridgehead atoms. The lowest BCUT2D eigenvalue weighted by Gasteiger charge is -2.11. The first-order chi connectivity index (χ1) is 9.56. The molecule has 0 saturated carbocycles. The average molecular weight is 290 g/mol. The van der Waals surface area contributed by atoms with Crippen molar-refractivity contribution in [2.45, 2.75) is 24.8 Å². The molecule has 0 spiro atoms. The van der Waals surface area contributed by atoms with Crippen molar-refractivity contribution in [2.75, 3.05) is 16.8 Å². The molecule has 0 aliphatic heterocycles. The third-order valence-corrected chi connectivity index (χ3v) is 3.69. The van der Waals surface area contributed by atoms with Gasteiger partial charge in [-0.1, -0.05) is 0 Å². The van der Waals surface area contributed by atoms with Crippen LogP contribution in [0.1, 0.15) is 19.9 Å². The average Bonchev–Trinajstić information content (AvgIpc) is 2.86. The van der Waals surface area contributed by atoms with E-state index in [0.29, 0.717) is 5.75 Å². The van der Waals surface area contributed by atoms with Crippen LogP contribution in [0.2, 0.25) is 0 Å². The molecule has 1 aromatic carbocycles. The summed E-state index contributed by atoms with van der Waals surface area (Å²) >= 11 is 1.48. The van der Waals surface area contributed by atoms with Crippen molar-refractivity contribution in [1.29, 1.82) is 0 Å². The number of nitrogens with zero attached hydrogens (tertiary/aromatic N) is 2. The number of amides is 1. The van der Waals surface area contributed by atoms with Crippen molar-refractivity contribution in [3.63, 3.8) is 0 Å². The summed E-state index contributed by atoms with van der Waals surface area (Å²) in [6.07, 6.45) is 1.68. The lowest BCUT2D eigenvalue weighted by molar-refractivity contribution is -0.113. The topological polar surface area (TPSA) is 72.9 Å². The van der Waals surface area contributed by atoms with Crippen LogP contribution < -0.4 is 11.1 Å². The Morgan fingerprint density at radius 1 is 1.35 bits per heavy atom. The van der Waals surface area contributed by atoms with Crippen LogP contribution in [0, 0.1) is 0 Å². The number of rotatable bonds is 5. The van der Waals surface area contributed by atoms with E-state index < -0.39 is 0 Å².